The molecule has 0 aliphatic rings. The Balaban J connectivity index is 2.98. The van der Waals surface area contributed by atoms with E-state index >= 15 is 0 Å². The molecule has 1 rings (SSSR count). The summed E-state index contributed by atoms with van der Waals surface area (Å²) in [6, 6.07) is 0.554. The first-order valence-electron chi connectivity index (χ1n) is 6.05. The van der Waals surface area contributed by atoms with E-state index in [2.05, 4.69) is 44.2 Å². The minimum atomic E-state index is 0.245. The van der Waals surface area contributed by atoms with E-state index in [1.165, 1.54) is 18.5 Å². The van der Waals surface area contributed by atoms with Crippen molar-refractivity contribution in [1.29, 1.82) is 0 Å². The van der Waals surface area contributed by atoms with Crippen LogP contribution in [0.2, 0.25) is 0 Å². The lowest BCUT2D eigenvalue weighted by molar-refractivity contribution is 0.407. The lowest BCUT2D eigenvalue weighted by Gasteiger charge is -2.27. The van der Waals surface area contributed by atoms with Gasteiger partial charge in [-0.05, 0) is 19.8 Å². The van der Waals surface area contributed by atoms with E-state index in [1.54, 1.807) is 0 Å². The van der Waals surface area contributed by atoms with E-state index in [-0.39, 0.29) is 5.41 Å². The fraction of sp³-hybridized carbons (Fsp3) is 0.769. The van der Waals surface area contributed by atoms with Crippen molar-refractivity contribution in [2.24, 2.45) is 0 Å². The normalized spacial score (nSPS) is 14.2. The molecule has 15 heavy (non-hydrogen) atoms. The molecule has 0 aliphatic carbocycles. The third-order valence-corrected chi connectivity index (χ3v) is 3.30. The van der Waals surface area contributed by atoms with Crippen molar-refractivity contribution in [2.75, 3.05) is 0 Å². The summed E-state index contributed by atoms with van der Waals surface area (Å²) in [5, 5.41) is 0. The number of imidazole rings is 1. The zero-order valence-corrected chi connectivity index (χ0v) is 10.7. The first-order chi connectivity index (χ1) is 7.03. The second kappa shape index (κ2) is 4.82. The average Bonchev–Trinajstić information content (AvgIpc) is 2.65. The second-order valence-corrected chi connectivity index (χ2v) is 5.08. The molecule has 2 heteroatoms. The fourth-order valence-corrected chi connectivity index (χ4v) is 2.13. The number of hydrogen-bond donors (Lipinski definition) is 0. The van der Waals surface area contributed by atoms with Gasteiger partial charge in [-0.3, -0.25) is 0 Å². The van der Waals surface area contributed by atoms with Crippen LogP contribution in [0, 0.1) is 0 Å². The Morgan fingerprint density at radius 3 is 2.60 bits per heavy atom. The van der Waals surface area contributed by atoms with E-state index in [0.717, 1.165) is 6.42 Å². The molecule has 1 atom stereocenters. The highest BCUT2D eigenvalue weighted by Crippen LogP contribution is 2.30. The Bertz CT molecular complexity index is 299. The topological polar surface area (TPSA) is 17.8 Å². The van der Waals surface area contributed by atoms with Crippen LogP contribution in [0.1, 0.15) is 65.6 Å². The molecule has 1 aromatic rings. The summed E-state index contributed by atoms with van der Waals surface area (Å²) in [6.07, 6.45) is 7.60. The van der Waals surface area contributed by atoms with Gasteiger partial charge >= 0.3 is 0 Å². The van der Waals surface area contributed by atoms with E-state index < -0.39 is 0 Å². The molecule has 0 fully saturated rings. The minimum Gasteiger partial charge on any atom is -0.331 e. The van der Waals surface area contributed by atoms with E-state index in [4.69, 9.17) is 0 Å². The molecule has 1 aromatic heterocycles. The molecule has 0 spiro atoms. The molecule has 0 aliphatic heterocycles. The van der Waals surface area contributed by atoms with Crippen molar-refractivity contribution in [3.8, 4) is 0 Å². The first kappa shape index (κ1) is 12.3. The van der Waals surface area contributed by atoms with Crippen molar-refractivity contribution in [3.05, 3.63) is 18.2 Å². The third-order valence-electron chi connectivity index (χ3n) is 3.30. The van der Waals surface area contributed by atoms with Gasteiger partial charge in [0.1, 0.15) is 0 Å². The maximum absolute atomic E-state index is 4.30. The number of rotatable bonds is 5. The molecule has 0 saturated carbocycles. The zero-order chi connectivity index (χ0) is 11.5. The van der Waals surface area contributed by atoms with Crippen LogP contribution in [0.3, 0.4) is 0 Å². The molecule has 0 saturated heterocycles. The maximum atomic E-state index is 4.30. The van der Waals surface area contributed by atoms with Crippen molar-refractivity contribution >= 4 is 0 Å². The van der Waals surface area contributed by atoms with Gasteiger partial charge in [0.25, 0.3) is 0 Å². The molecule has 0 amide bonds. The highest BCUT2D eigenvalue weighted by molar-refractivity contribution is 5.13. The predicted molar refractivity (Wildman–Crippen MR) is 65.2 cm³/mol. The van der Waals surface area contributed by atoms with Crippen molar-refractivity contribution < 1.29 is 0 Å². The first-order valence-corrected chi connectivity index (χ1v) is 6.05. The van der Waals surface area contributed by atoms with E-state index in [9.17, 15) is 0 Å². The van der Waals surface area contributed by atoms with Gasteiger partial charge in [0, 0.05) is 23.3 Å². The SMILES string of the molecule is CCCC(C)(C)c1cncn1C(C)CC. The molecule has 0 N–H and O–H groups in total. The number of aromatic nitrogens is 2. The van der Waals surface area contributed by atoms with E-state index in [1.807, 2.05) is 12.5 Å². The molecule has 1 heterocycles. The molecule has 86 valence electrons. The van der Waals surface area contributed by atoms with Gasteiger partial charge in [-0.15, -0.1) is 0 Å². The highest BCUT2D eigenvalue weighted by Gasteiger charge is 2.24. The monoisotopic (exact) mass is 208 g/mol. The summed E-state index contributed by atoms with van der Waals surface area (Å²) in [7, 11) is 0. The van der Waals surface area contributed by atoms with Crippen LogP contribution >= 0.6 is 0 Å². The Morgan fingerprint density at radius 2 is 2.07 bits per heavy atom. The summed E-state index contributed by atoms with van der Waals surface area (Å²) in [4.78, 5) is 4.30. The maximum Gasteiger partial charge on any atom is 0.0950 e. The fourth-order valence-electron chi connectivity index (χ4n) is 2.13. The summed E-state index contributed by atoms with van der Waals surface area (Å²) in [5.74, 6) is 0. The average molecular weight is 208 g/mol. The molecule has 1 unspecified atom stereocenters. The van der Waals surface area contributed by atoms with Crippen molar-refractivity contribution in [3.63, 3.8) is 0 Å². The van der Waals surface area contributed by atoms with Gasteiger partial charge in [-0.25, -0.2) is 4.98 Å². The van der Waals surface area contributed by atoms with Crippen LogP contribution in [0.5, 0.6) is 0 Å². The zero-order valence-electron chi connectivity index (χ0n) is 10.7. The Morgan fingerprint density at radius 1 is 1.40 bits per heavy atom. The lowest BCUT2D eigenvalue weighted by Crippen LogP contribution is -2.22. The lowest BCUT2D eigenvalue weighted by atomic mass is 9.84. The molecule has 2 nitrogen and oxygen atoms in total. The third kappa shape index (κ3) is 2.61. The van der Waals surface area contributed by atoms with Crippen molar-refractivity contribution in [2.45, 2.75) is 65.3 Å². The van der Waals surface area contributed by atoms with Crippen LogP contribution in [-0.2, 0) is 5.41 Å². The summed E-state index contributed by atoms with van der Waals surface area (Å²) >= 11 is 0. The Hall–Kier alpha value is -0.790. The summed E-state index contributed by atoms with van der Waals surface area (Å²) in [6.45, 7) is 11.3. The molecule has 0 aromatic carbocycles. The number of nitrogens with zero attached hydrogens (tertiary/aromatic N) is 2. The Labute approximate surface area is 93.7 Å². The van der Waals surface area contributed by atoms with Crippen LogP contribution in [0.25, 0.3) is 0 Å². The standard InChI is InChI=1S/C13H24N2/c1-6-8-13(4,5)12-9-14-10-15(12)11(3)7-2/h9-11H,6-8H2,1-5H3. The smallest absolute Gasteiger partial charge is 0.0950 e. The molecular formula is C13H24N2. The molecule has 0 bridgehead atoms. The van der Waals surface area contributed by atoms with Crippen molar-refractivity contribution in [1.82, 2.24) is 9.55 Å². The van der Waals surface area contributed by atoms with Crippen LogP contribution in [-0.4, -0.2) is 9.55 Å². The number of hydrogen-bond acceptors (Lipinski definition) is 1. The van der Waals surface area contributed by atoms with Gasteiger partial charge in [0.2, 0.25) is 0 Å². The second-order valence-electron chi connectivity index (χ2n) is 5.08. The summed E-state index contributed by atoms with van der Waals surface area (Å²) in [5.41, 5.74) is 1.62. The van der Waals surface area contributed by atoms with Gasteiger partial charge in [0.05, 0.1) is 6.33 Å². The molecule has 0 radical (unpaired) electrons. The van der Waals surface area contributed by atoms with Crippen LogP contribution in [0.4, 0.5) is 0 Å². The Kier molecular flexibility index (Phi) is 3.95. The molecular weight excluding hydrogens is 184 g/mol. The summed E-state index contributed by atoms with van der Waals surface area (Å²) < 4.78 is 2.33. The largest absolute Gasteiger partial charge is 0.331 e. The van der Waals surface area contributed by atoms with Gasteiger partial charge in [-0.2, -0.15) is 0 Å². The van der Waals surface area contributed by atoms with Crippen LogP contribution in [0.15, 0.2) is 12.5 Å². The van der Waals surface area contributed by atoms with Gasteiger partial charge in [-0.1, -0.05) is 34.1 Å². The van der Waals surface area contributed by atoms with E-state index in [0.29, 0.717) is 6.04 Å². The van der Waals surface area contributed by atoms with Gasteiger partial charge in [0.15, 0.2) is 0 Å². The quantitative estimate of drug-likeness (QED) is 0.717. The van der Waals surface area contributed by atoms with Crippen LogP contribution < -0.4 is 0 Å². The minimum absolute atomic E-state index is 0.245. The van der Waals surface area contributed by atoms with Gasteiger partial charge < -0.3 is 4.57 Å². The predicted octanol–water partition coefficient (Wildman–Crippen LogP) is 3.93. The highest BCUT2D eigenvalue weighted by atomic mass is 15.1.